The first-order valence-electron chi connectivity index (χ1n) is 5.22. The summed E-state index contributed by atoms with van der Waals surface area (Å²) in [5.74, 6) is 0. The third-order valence-electron chi connectivity index (χ3n) is 2.26. The van der Waals surface area contributed by atoms with Gasteiger partial charge in [0.05, 0.1) is 11.4 Å². The van der Waals surface area contributed by atoms with Gasteiger partial charge in [-0.3, -0.25) is 0 Å². The minimum absolute atomic E-state index is 0.750. The van der Waals surface area contributed by atoms with Crippen LogP contribution in [-0.2, 0) is 0 Å². The number of hydrogen-bond donors (Lipinski definition) is 1. The second-order valence-electron chi connectivity index (χ2n) is 3.47. The van der Waals surface area contributed by atoms with Gasteiger partial charge in [0.15, 0.2) is 4.30 Å². The van der Waals surface area contributed by atoms with Gasteiger partial charge in [-0.1, -0.05) is 70.8 Å². The van der Waals surface area contributed by atoms with Crippen molar-refractivity contribution in [3.63, 3.8) is 0 Å². The Morgan fingerprint density at radius 3 is 1.61 bits per heavy atom. The third kappa shape index (κ3) is 3.72. The molecule has 1 aliphatic heterocycles. The van der Waals surface area contributed by atoms with Crippen LogP contribution in [0.5, 0.6) is 0 Å². The lowest BCUT2D eigenvalue weighted by Gasteiger charge is -2.19. The Balaban J connectivity index is 0.000000267. The summed E-state index contributed by atoms with van der Waals surface area (Å²) in [6.45, 7) is 0. The van der Waals surface area contributed by atoms with Crippen molar-refractivity contribution in [2.24, 2.45) is 0 Å². The Morgan fingerprint density at radius 2 is 1.17 bits per heavy atom. The van der Waals surface area contributed by atoms with Crippen LogP contribution in [0.15, 0.2) is 58.3 Å². The predicted molar refractivity (Wildman–Crippen MR) is 81.6 cm³/mol. The maximum atomic E-state index is 4.81. The molecule has 1 heterocycles. The van der Waals surface area contributed by atoms with E-state index < -0.39 is 4.30 Å². The Kier molecular flexibility index (Phi) is 5.07. The van der Waals surface area contributed by atoms with Crippen molar-refractivity contribution in [3.05, 3.63) is 48.5 Å². The predicted octanol–water partition coefficient (Wildman–Crippen LogP) is 5.88. The van der Waals surface area contributed by atoms with Gasteiger partial charge in [0.25, 0.3) is 0 Å². The van der Waals surface area contributed by atoms with Gasteiger partial charge in [-0.25, -0.2) is 0 Å². The first kappa shape index (κ1) is 13.9. The maximum absolute atomic E-state index is 4.81. The molecule has 94 valence electrons. The molecule has 0 saturated heterocycles. The standard InChI is InChI=1S/C12H9NS.CHCl3/c1-3-7-11-9(5-1)13-10-6-2-4-8-12(10)14-11;2-1(3)4/h1-8,13H;1H. The summed E-state index contributed by atoms with van der Waals surface area (Å²) in [5.41, 5.74) is 2.41. The highest BCUT2D eigenvalue weighted by Gasteiger charge is 2.13. The van der Waals surface area contributed by atoms with E-state index >= 15 is 0 Å². The van der Waals surface area contributed by atoms with Gasteiger partial charge < -0.3 is 5.32 Å². The molecule has 2 aromatic carbocycles. The lowest BCUT2D eigenvalue weighted by molar-refractivity contribution is 1.32. The minimum Gasteiger partial charge on any atom is -0.354 e. The van der Waals surface area contributed by atoms with E-state index in [1.807, 2.05) is 11.8 Å². The van der Waals surface area contributed by atoms with Crippen molar-refractivity contribution in [3.8, 4) is 0 Å². The Bertz CT molecular complexity index is 441. The number of benzene rings is 2. The normalized spacial score (nSPS) is 11.8. The van der Waals surface area contributed by atoms with E-state index in [0.29, 0.717) is 0 Å². The van der Waals surface area contributed by atoms with Crippen LogP contribution in [0.1, 0.15) is 0 Å². The van der Waals surface area contributed by atoms with Crippen LogP contribution in [0.25, 0.3) is 0 Å². The van der Waals surface area contributed by atoms with E-state index in [2.05, 4.69) is 53.8 Å². The van der Waals surface area contributed by atoms with Gasteiger partial charge in [0, 0.05) is 9.79 Å². The summed E-state index contributed by atoms with van der Waals surface area (Å²) in [4.78, 5) is 2.59. The molecule has 3 rings (SSSR count). The molecule has 0 amide bonds. The number of fused-ring (bicyclic) bond motifs is 2. The molecule has 0 saturated carbocycles. The zero-order valence-corrected chi connectivity index (χ0v) is 12.3. The largest absolute Gasteiger partial charge is 0.354 e. The second kappa shape index (κ2) is 6.58. The first-order valence-corrected chi connectivity index (χ1v) is 7.34. The molecule has 0 atom stereocenters. The quantitative estimate of drug-likeness (QED) is 0.519. The summed E-state index contributed by atoms with van der Waals surface area (Å²) in [5, 5.41) is 3.42. The zero-order valence-electron chi connectivity index (χ0n) is 9.24. The molecule has 1 N–H and O–H groups in total. The summed E-state index contributed by atoms with van der Waals surface area (Å²) < 4.78 is -0.750. The van der Waals surface area contributed by atoms with Crippen molar-refractivity contribution in [2.75, 3.05) is 5.32 Å². The zero-order chi connectivity index (χ0) is 13.0. The maximum Gasteiger partial charge on any atom is 0.180 e. The number of anilines is 2. The molecule has 0 unspecified atom stereocenters. The SMILES string of the molecule is ClC(Cl)Cl.c1ccc2c(c1)Nc1ccccc1S2. The third-order valence-corrected chi connectivity index (χ3v) is 3.42. The van der Waals surface area contributed by atoms with Crippen LogP contribution < -0.4 is 5.32 Å². The summed E-state index contributed by atoms with van der Waals surface area (Å²) in [7, 11) is 0. The highest BCUT2D eigenvalue weighted by molar-refractivity contribution is 7.99. The van der Waals surface area contributed by atoms with E-state index in [-0.39, 0.29) is 0 Å². The van der Waals surface area contributed by atoms with Gasteiger partial charge in [-0.2, -0.15) is 0 Å². The Hall–Kier alpha value is -0.540. The molecule has 0 spiro atoms. The molecule has 0 aromatic heterocycles. The van der Waals surface area contributed by atoms with E-state index in [9.17, 15) is 0 Å². The number of rotatable bonds is 0. The van der Waals surface area contributed by atoms with Gasteiger partial charge >= 0.3 is 0 Å². The molecule has 1 nitrogen and oxygen atoms in total. The van der Waals surface area contributed by atoms with Crippen LogP contribution in [-0.4, -0.2) is 4.30 Å². The van der Waals surface area contributed by atoms with Crippen LogP contribution in [0.3, 0.4) is 0 Å². The molecule has 1 aliphatic rings. The van der Waals surface area contributed by atoms with Crippen LogP contribution in [0, 0.1) is 0 Å². The number of hydrogen-bond acceptors (Lipinski definition) is 2. The van der Waals surface area contributed by atoms with E-state index in [1.165, 1.54) is 21.2 Å². The van der Waals surface area contributed by atoms with Gasteiger partial charge in [0.1, 0.15) is 0 Å². The lowest BCUT2D eigenvalue weighted by atomic mass is 10.2. The van der Waals surface area contributed by atoms with Gasteiger partial charge in [-0.15, -0.1) is 0 Å². The van der Waals surface area contributed by atoms with Crippen molar-refractivity contribution in [2.45, 2.75) is 14.1 Å². The van der Waals surface area contributed by atoms with Crippen molar-refractivity contribution >= 4 is 57.9 Å². The molecular formula is C13H10Cl3NS. The smallest absolute Gasteiger partial charge is 0.180 e. The number of para-hydroxylation sites is 2. The first-order chi connectivity index (χ1) is 8.66. The monoisotopic (exact) mass is 317 g/mol. The molecule has 0 aliphatic carbocycles. The molecule has 0 fully saturated rings. The van der Waals surface area contributed by atoms with Gasteiger partial charge in [0.2, 0.25) is 0 Å². The molecule has 0 radical (unpaired) electrons. The fraction of sp³-hybridized carbons (Fsp3) is 0.0769. The topological polar surface area (TPSA) is 12.0 Å². The van der Waals surface area contributed by atoms with Crippen molar-refractivity contribution < 1.29 is 0 Å². The minimum atomic E-state index is -0.750. The number of alkyl halides is 3. The lowest BCUT2D eigenvalue weighted by Crippen LogP contribution is -1.98. The number of nitrogens with one attached hydrogen (secondary N) is 1. The van der Waals surface area contributed by atoms with E-state index in [4.69, 9.17) is 34.8 Å². The van der Waals surface area contributed by atoms with E-state index in [0.717, 1.165) is 0 Å². The highest BCUT2D eigenvalue weighted by atomic mass is 35.6. The summed E-state index contributed by atoms with van der Waals surface area (Å²) >= 11 is 16.2. The van der Waals surface area contributed by atoms with Crippen molar-refractivity contribution in [1.82, 2.24) is 0 Å². The fourth-order valence-electron chi connectivity index (χ4n) is 1.58. The molecule has 5 heteroatoms. The van der Waals surface area contributed by atoms with Gasteiger partial charge in [-0.05, 0) is 24.3 Å². The second-order valence-corrected chi connectivity index (χ2v) is 6.53. The molecular weight excluding hydrogens is 309 g/mol. The number of halogens is 3. The van der Waals surface area contributed by atoms with Crippen LogP contribution in [0.4, 0.5) is 11.4 Å². The highest BCUT2D eigenvalue weighted by Crippen LogP contribution is 2.43. The Labute approximate surface area is 125 Å². The van der Waals surface area contributed by atoms with Crippen LogP contribution >= 0.6 is 46.6 Å². The Morgan fingerprint density at radius 1 is 0.778 bits per heavy atom. The summed E-state index contributed by atoms with van der Waals surface area (Å²) in [6, 6.07) is 16.8. The molecule has 0 bridgehead atoms. The average molecular weight is 319 g/mol. The summed E-state index contributed by atoms with van der Waals surface area (Å²) in [6.07, 6.45) is 0. The molecule has 2 aromatic rings. The van der Waals surface area contributed by atoms with E-state index in [1.54, 1.807) is 0 Å². The van der Waals surface area contributed by atoms with Crippen LogP contribution in [0.2, 0.25) is 0 Å². The molecule has 18 heavy (non-hydrogen) atoms. The fourth-order valence-corrected chi connectivity index (χ4v) is 2.57. The average Bonchev–Trinajstić information content (AvgIpc) is 2.35. The van der Waals surface area contributed by atoms with Crippen molar-refractivity contribution in [1.29, 1.82) is 0 Å².